The van der Waals surface area contributed by atoms with E-state index in [0.29, 0.717) is 16.8 Å². The molecule has 0 saturated heterocycles. The molecule has 126 valence electrons. The van der Waals surface area contributed by atoms with Crippen LogP contribution in [0.2, 0.25) is 0 Å². The van der Waals surface area contributed by atoms with E-state index < -0.39 is 0 Å². The second-order valence-electron chi connectivity index (χ2n) is 5.80. The zero-order valence-electron chi connectivity index (χ0n) is 14.1. The average Bonchev–Trinajstić information content (AvgIpc) is 2.62. The highest BCUT2D eigenvalue weighted by molar-refractivity contribution is 6.05. The molecule has 5 nitrogen and oxygen atoms in total. The number of likely N-dealkylation sites (N-methyl/N-ethyl adjacent to an activating group) is 1. The summed E-state index contributed by atoms with van der Waals surface area (Å²) in [6, 6.07) is 13.8. The van der Waals surface area contributed by atoms with Crippen LogP contribution in [0.5, 0.6) is 0 Å². The third-order valence-electron chi connectivity index (χ3n) is 4.01. The number of rotatable bonds is 5. The molecular formula is C19H22N2O3. The molecule has 0 fully saturated rings. The highest BCUT2D eigenvalue weighted by Gasteiger charge is 2.18. The zero-order valence-corrected chi connectivity index (χ0v) is 14.1. The van der Waals surface area contributed by atoms with E-state index in [4.69, 9.17) is 0 Å². The summed E-state index contributed by atoms with van der Waals surface area (Å²) in [4.78, 5) is 26.2. The molecule has 0 aromatic heterocycles. The van der Waals surface area contributed by atoms with Gasteiger partial charge in [0, 0.05) is 23.9 Å². The second-order valence-corrected chi connectivity index (χ2v) is 5.80. The van der Waals surface area contributed by atoms with Gasteiger partial charge in [0.15, 0.2) is 0 Å². The fourth-order valence-electron chi connectivity index (χ4n) is 2.20. The number of hydrogen-bond acceptors (Lipinski definition) is 3. The van der Waals surface area contributed by atoms with E-state index in [1.165, 1.54) is 4.90 Å². The van der Waals surface area contributed by atoms with Crippen LogP contribution in [-0.2, 0) is 0 Å². The van der Waals surface area contributed by atoms with Gasteiger partial charge in [-0.25, -0.2) is 0 Å². The number of anilines is 1. The molecule has 0 aliphatic rings. The van der Waals surface area contributed by atoms with Crippen molar-refractivity contribution >= 4 is 17.5 Å². The molecule has 0 heterocycles. The zero-order chi connectivity index (χ0) is 17.7. The van der Waals surface area contributed by atoms with Crippen LogP contribution >= 0.6 is 0 Å². The minimum Gasteiger partial charge on any atom is -0.394 e. The van der Waals surface area contributed by atoms with Crippen molar-refractivity contribution in [2.75, 3.05) is 19.0 Å². The lowest BCUT2D eigenvalue weighted by molar-refractivity contribution is 0.0682. The number of amides is 2. The highest BCUT2D eigenvalue weighted by Crippen LogP contribution is 2.19. The highest BCUT2D eigenvalue weighted by atomic mass is 16.3. The SMILES string of the molecule is Cc1ccc(C(=O)N(C)C(C)CO)cc1NC(=O)c1ccccc1. The van der Waals surface area contributed by atoms with Gasteiger partial charge >= 0.3 is 0 Å². The average molecular weight is 326 g/mol. The maximum absolute atomic E-state index is 12.5. The Kier molecular flexibility index (Phi) is 5.71. The van der Waals surface area contributed by atoms with Crippen LogP contribution in [-0.4, -0.2) is 41.5 Å². The summed E-state index contributed by atoms with van der Waals surface area (Å²) >= 11 is 0. The molecule has 0 radical (unpaired) electrons. The van der Waals surface area contributed by atoms with E-state index in [-0.39, 0.29) is 24.5 Å². The Morgan fingerprint density at radius 2 is 1.79 bits per heavy atom. The van der Waals surface area contributed by atoms with Crippen LogP contribution in [0.3, 0.4) is 0 Å². The van der Waals surface area contributed by atoms with Crippen LogP contribution in [0.1, 0.15) is 33.2 Å². The molecule has 2 rings (SSSR count). The van der Waals surface area contributed by atoms with Gasteiger partial charge in [0.05, 0.1) is 12.6 Å². The van der Waals surface area contributed by atoms with E-state index in [9.17, 15) is 14.7 Å². The predicted molar refractivity (Wildman–Crippen MR) is 94.2 cm³/mol. The summed E-state index contributed by atoms with van der Waals surface area (Å²) in [5, 5.41) is 12.0. The summed E-state index contributed by atoms with van der Waals surface area (Å²) in [7, 11) is 1.64. The van der Waals surface area contributed by atoms with Crippen molar-refractivity contribution in [1.82, 2.24) is 4.90 Å². The van der Waals surface area contributed by atoms with Crippen molar-refractivity contribution in [2.45, 2.75) is 19.9 Å². The normalized spacial score (nSPS) is 11.7. The molecule has 0 aliphatic heterocycles. The molecule has 0 saturated carbocycles. The molecule has 5 heteroatoms. The lowest BCUT2D eigenvalue weighted by Crippen LogP contribution is -2.37. The van der Waals surface area contributed by atoms with Crippen molar-refractivity contribution in [3.8, 4) is 0 Å². The van der Waals surface area contributed by atoms with Gasteiger partial charge in [-0.15, -0.1) is 0 Å². The number of aliphatic hydroxyl groups is 1. The van der Waals surface area contributed by atoms with E-state index in [2.05, 4.69) is 5.32 Å². The number of nitrogens with zero attached hydrogens (tertiary/aromatic N) is 1. The van der Waals surface area contributed by atoms with Gasteiger partial charge in [-0.3, -0.25) is 9.59 Å². The maximum atomic E-state index is 12.5. The largest absolute Gasteiger partial charge is 0.394 e. The van der Waals surface area contributed by atoms with Crippen molar-refractivity contribution in [1.29, 1.82) is 0 Å². The third-order valence-corrected chi connectivity index (χ3v) is 4.01. The monoisotopic (exact) mass is 326 g/mol. The van der Waals surface area contributed by atoms with Gasteiger partial charge in [-0.2, -0.15) is 0 Å². The van der Waals surface area contributed by atoms with Gasteiger partial charge in [-0.05, 0) is 43.7 Å². The first-order valence-corrected chi connectivity index (χ1v) is 7.79. The van der Waals surface area contributed by atoms with Crippen LogP contribution in [0.15, 0.2) is 48.5 Å². The molecule has 24 heavy (non-hydrogen) atoms. The van der Waals surface area contributed by atoms with Gasteiger partial charge in [0.1, 0.15) is 0 Å². The molecule has 2 aromatic carbocycles. The lowest BCUT2D eigenvalue weighted by Gasteiger charge is -2.23. The number of benzene rings is 2. The van der Waals surface area contributed by atoms with Gasteiger partial charge in [-0.1, -0.05) is 24.3 Å². The van der Waals surface area contributed by atoms with Crippen LogP contribution in [0.4, 0.5) is 5.69 Å². The van der Waals surface area contributed by atoms with E-state index in [1.54, 1.807) is 56.4 Å². The Labute approximate surface area is 141 Å². The van der Waals surface area contributed by atoms with E-state index in [1.807, 2.05) is 13.0 Å². The van der Waals surface area contributed by atoms with Crippen LogP contribution < -0.4 is 5.32 Å². The number of aliphatic hydroxyl groups excluding tert-OH is 1. The smallest absolute Gasteiger partial charge is 0.255 e. The van der Waals surface area contributed by atoms with Crippen molar-refractivity contribution in [2.24, 2.45) is 0 Å². The van der Waals surface area contributed by atoms with Crippen molar-refractivity contribution in [3.05, 3.63) is 65.2 Å². The number of carbonyl (C=O) groups is 2. The molecular weight excluding hydrogens is 304 g/mol. The van der Waals surface area contributed by atoms with Gasteiger partial charge in [0.25, 0.3) is 11.8 Å². The Morgan fingerprint density at radius 1 is 1.12 bits per heavy atom. The molecule has 0 bridgehead atoms. The quantitative estimate of drug-likeness (QED) is 0.887. The Hall–Kier alpha value is -2.66. The first-order chi connectivity index (χ1) is 11.4. The topological polar surface area (TPSA) is 69.6 Å². The Morgan fingerprint density at radius 3 is 2.42 bits per heavy atom. The first kappa shape index (κ1) is 17.7. The van der Waals surface area contributed by atoms with Crippen LogP contribution in [0, 0.1) is 6.92 Å². The number of aryl methyl sites for hydroxylation is 1. The summed E-state index contributed by atoms with van der Waals surface area (Å²) in [5.41, 5.74) is 2.49. The predicted octanol–water partition coefficient (Wildman–Crippen LogP) is 2.70. The second kappa shape index (κ2) is 7.75. The Balaban J connectivity index is 2.23. The minimum absolute atomic E-state index is 0.105. The van der Waals surface area contributed by atoms with Crippen molar-refractivity contribution < 1.29 is 14.7 Å². The Bertz CT molecular complexity index is 729. The summed E-state index contributed by atoms with van der Waals surface area (Å²) in [6.45, 7) is 3.53. The number of hydrogen-bond donors (Lipinski definition) is 2. The fraction of sp³-hybridized carbons (Fsp3) is 0.263. The molecule has 0 aliphatic carbocycles. The number of carbonyl (C=O) groups excluding carboxylic acids is 2. The molecule has 0 spiro atoms. The van der Waals surface area contributed by atoms with Gasteiger partial charge < -0.3 is 15.3 Å². The molecule has 1 atom stereocenters. The van der Waals surface area contributed by atoms with E-state index >= 15 is 0 Å². The fourth-order valence-corrected chi connectivity index (χ4v) is 2.20. The van der Waals surface area contributed by atoms with Crippen LogP contribution in [0.25, 0.3) is 0 Å². The first-order valence-electron chi connectivity index (χ1n) is 7.79. The summed E-state index contributed by atoms with van der Waals surface area (Å²) in [6.07, 6.45) is 0. The molecule has 2 aromatic rings. The van der Waals surface area contributed by atoms with Gasteiger partial charge in [0.2, 0.25) is 0 Å². The minimum atomic E-state index is -0.277. The summed E-state index contributed by atoms with van der Waals surface area (Å²) < 4.78 is 0. The maximum Gasteiger partial charge on any atom is 0.255 e. The standard InChI is InChI=1S/C19H22N2O3/c1-13-9-10-16(19(24)21(3)14(2)12-22)11-17(13)20-18(23)15-7-5-4-6-8-15/h4-11,14,22H,12H2,1-3H3,(H,20,23). The number of nitrogens with one attached hydrogen (secondary N) is 1. The third kappa shape index (κ3) is 4.00. The molecule has 1 unspecified atom stereocenters. The van der Waals surface area contributed by atoms with E-state index in [0.717, 1.165) is 5.56 Å². The lowest BCUT2D eigenvalue weighted by atomic mass is 10.1. The molecule has 2 N–H and O–H groups in total. The van der Waals surface area contributed by atoms with Crippen molar-refractivity contribution in [3.63, 3.8) is 0 Å². The molecule has 2 amide bonds. The summed E-state index contributed by atoms with van der Waals surface area (Å²) in [5.74, 6) is -0.424.